The van der Waals surface area contributed by atoms with E-state index in [4.69, 9.17) is 5.73 Å². The number of anilines is 2. The van der Waals surface area contributed by atoms with Crippen LogP contribution in [0.2, 0.25) is 0 Å². The molecule has 11 heteroatoms. The van der Waals surface area contributed by atoms with Crippen LogP contribution in [0.25, 0.3) is 16.3 Å². The van der Waals surface area contributed by atoms with Crippen molar-refractivity contribution in [1.82, 2.24) is 24.6 Å². The molecule has 1 saturated carbocycles. The molecule has 0 atom stereocenters. The highest BCUT2D eigenvalue weighted by Crippen LogP contribution is 2.43. The van der Waals surface area contributed by atoms with Gasteiger partial charge in [0.05, 0.1) is 39.9 Å². The Labute approximate surface area is 198 Å². The lowest BCUT2D eigenvalue weighted by Gasteiger charge is -2.19. The maximum Gasteiger partial charge on any atom is 0.268 e. The predicted molar refractivity (Wildman–Crippen MR) is 127 cm³/mol. The fourth-order valence-electron chi connectivity index (χ4n) is 3.65. The van der Waals surface area contributed by atoms with Gasteiger partial charge in [-0.2, -0.15) is 5.10 Å². The van der Waals surface area contributed by atoms with Crippen molar-refractivity contribution in [2.75, 3.05) is 19.0 Å². The molecule has 34 heavy (non-hydrogen) atoms. The van der Waals surface area contributed by atoms with Crippen molar-refractivity contribution in [3.63, 3.8) is 0 Å². The highest BCUT2D eigenvalue weighted by molar-refractivity contribution is 7.19. The minimum Gasteiger partial charge on any atom is -0.364 e. The van der Waals surface area contributed by atoms with E-state index >= 15 is 0 Å². The predicted octanol–water partition coefficient (Wildman–Crippen LogP) is 3.56. The summed E-state index contributed by atoms with van der Waals surface area (Å²) in [5.41, 5.74) is 8.40. The van der Waals surface area contributed by atoms with Crippen LogP contribution in [0.4, 0.5) is 15.2 Å². The van der Waals surface area contributed by atoms with E-state index in [9.17, 15) is 14.0 Å². The molecule has 174 valence electrons. The summed E-state index contributed by atoms with van der Waals surface area (Å²) in [5.74, 6) is -1.11. The Hall–Kier alpha value is -3.99. The molecule has 0 unspecified atom stereocenters. The zero-order chi connectivity index (χ0) is 24.0. The van der Waals surface area contributed by atoms with Crippen molar-refractivity contribution >= 4 is 34.0 Å². The van der Waals surface area contributed by atoms with Gasteiger partial charge in [-0.15, -0.1) is 0 Å². The van der Waals surface area contributed by atoms with Crippen LogP contribution < -0.4 is 10.6 Å². The first-order valence-electron chi connectivity index (χ1n) is 10.6. The van der Waals surface area contributed by atoms with Gasteiger partial charge >= 0.3 is 0 Å². The minimum atomic E-state index is -0.648. The third-order valence-corrected chi connectivity index (χ3v) is 6.57. The number of aromatic amines is 1. The van der Waals surface area contributed by atoms with Crippen LogP contribution in [0.5, 0.6) is 0 Å². The SMILES string of the molecule is CN(C)C(=O)c1c[nH]c(-c2sc(N(c3cnn(-c4ccc(F)cc4)c3)C3CC3)nc2C(N)=O)c1. The van der Waals surface area contributed by atoms with Gasteiger partial charge in [-0.05, 0) is 43.2 Å². The van der Waals surface area contributed by atoms with Crippen molar-refractivity contribution in [2.45, 2.75) is 18.9 Å². The van der Waals surface area contributed by atoms with Crippen molar-refractivity contribution in [3.05, 3.63) is 66.0 Å². The van der Waals surface area contributed by atoms with Crippen molar-refractivity contribution in [3.8, 4) is 16.3 Å². The summed E-state index contributed by atoms with van der Waals surface area (Å²) in [6.45, 7) is 0. The van der Waals surface area contributed by atoms with E-state index in [1.807, 2.05) is 11.1 Å². The van der Waals surface area contributed by atoms with Gasteiger partial charge < -0.3 is 20.5 Å². The lowest BCUT2D eigenvalue weighted by atomic mass is 10.2. The molecule has 3 aromatic heterocycles. The van der Waals surface area contributed by atoms with Gasteiger partial charge in [0.15, 0.2) is 10.8 Å². The Bertz CT molecular complexity index is 1370. The van der Waals surface area contributed by atoms with Gasteiger partial charge in [-0.25, -0.2) is 14.1 Å². The molecule has 1 aromatic carbocycles. The number of H-pyrrole nitrogens is 1. The largest absolute Gasteiger partial charge is 0.364 e. The quantitative estimate of drug-likeness (QED) is 0.421. The first kappa shape index (κ1) is 21.8. The zero-order valence-electron chi connectivity index (χ0n) is 18.5. The highest BCUT2D eigenvalue weighted by Gasteiger charge is 2.34. The fraction of sp³-hybridized carbons (Fsp3) is 0.217. The van der Waals surface area contributed by atoms with Gasteiger partial charge in [0.1, 0.15) is 5.82 Å². The fourth-order valence-corrected chi connectivity index (χ4v) is 4.79. The number of nitrogens with zero attached hydrogens (tertiary/aromatic N) is 5. The van der Waals surface area contributed by atoms with Crippen LogP contribution in [0.15, 0.2) is 48.9 Å². The molecular formula is C23H22FN7O2S. The average molecular weight is 480 g/mol. The van der Waals surface area contributed by atoms with E-state index in [0.29, 0.717) is 21.3 Å². The van der Waals surface area contributed by atoms with Gasteiger partial charge in [-0.1, -0.05) is 11.3 Å². The molecule has 0 radical (unpaired) electrons. The Morgan fingerprint density at radius 3 is 2.62 bits per heavy atom. The first-order valence-corrected chi connectivity index (χ1v) is 11.4. The summed E-state index contributed by atoms with van der Waals surface area (Å²) in [6, 6.07) is 7.98. The summed E-state index contributed by atoms with van der Waals surface area (Å²) in [4.78, 5) is 36.3. The molecule has 1 aliphatic rings. The van der Waals surface area contributed by atoms with Gasteiger partial charge in [0.25, 0.3) is 11.8 Å². The zero-order valence-corrected chi connectivity index (χ0v) is 19.3. The maximum absolute atomic E-state index is 13.3. The molecule has 0 spiro atoms. The second-order valence-corrected chi connectivity index (χ2v) is 9.24. The van der Waals surface area contributed by atoms with Crippen molar-refractivity contribution in [1.29, 1.82) is 0 Å². The topological polar surface area (TPSA) is 113 Å². The second-order valence-electron chi connectivity index (χ2n) is 8.26. The minimum absolute atomic E-state index is 0.141. The van der Waals surface area contributed by atoms with E-state index in [1.54, 1.807) is 49.4 Å². The number of amides is 2. The number of thiazole rings is 1. The molecule has 0 aliphatic heterocycles. The van der Waals surface area contributed by atoms with E-state index in [1.165, 1.54) is 28.4 Å². The summed E-state index contributed by atoms with van der Waals surface area (Å²) in [5, 5.41) is 5.04. The molecule has 1 fully saturated rings. The normalized spacial score (nSPS) is 13.1. The Balaban J connectivity index is 1.52. The second kappa shape index (κ2) is 8.41. The number of hydrogen-bond donors (Lipinski definition) is 2. The molecule has 9 nitrogen and oxygen atoms in total. The van der Waals surface area contributed by atoms with Crippen LogP contribution >= 0.6 is 11.3 Å². The van der Waals surface area contributed by atoms with Crippen molar-refractivity contribution in [2.24, 2.45) is 5.73 Å². The monoisotopic (exact) mass is 479 g/mol. The van der Waals surface area contributed by atoms with E-state index in [2.05, 4.69) is 15.1 Å². The van der Waals surface area contributed by atoms with Gasteiger partial charge in [-0.3, -0.25) is 9.59 Å². The van der Waals surface area contributed by atoms with Gasteiger partial charge in [0, 0.05) is 26.3 Å². The molecular weight excluding hydrogens is 457 g/mol. The smallest absolute Gasteiger partial charge is 0.268 e. The Morgan fingerprint density at radius 1 is 1.24 bits per heavy atom. The van der Waals surface area contributed by atoms with E-state index in [0.717, 1.165) is 24.2 Å². The molecule has 2 amide bonds. The van der Waals surface area contributed by atoms with Crippen molar-refractivity contribution < 1.29 is 14.0 Å². The number of benzene rings is 1. The number of nitrogens with one attached hydrogen (secondary N) is 1. The van der Waals surface area contributed by atoms with E-state index < -0.39 is 5.91 Å². The number of carbonyl (C=O) groups is 2. The van der Waals surface area contributed by atoms with Gasteiger partial charge in [0.2, 0.25) is 0 Å². The number of nitrogens with two attached hydrogens (primary N) is 1. The first-order chi connectivity index (χ1) is 16.3. The molecule has 3 heterocycles. The lowest BCUT2D eigenvalue weighted by molar-refractivity contribution is 0.0827. The molecule has 0 saturated heterocycles. The van der Waals surface area contributed by atoms with Crippen LogP contribution in [0.1, 0.15) is 33.7 Å². The summed E-state index contributed by atoms with van der Waals surface area (Å²) in [7, 11) is 3.35. The number of rotatable bonds is 7. The number of carbonyl (C=O) groups excluding carboxylic acids is 2. The number of hydrogen-bond acceptors (Lipinski definition) is 6. The van der Waals surface area contributed by atoms with E-state index in [-0.39, 0.29) is 23.5 Å². The third-order valence-electron chi connectivity index (χ3n) is 5.49. The highest BCUT2D eigenvalue weighted by atomic mass is 32.1. The summed E-state index contributed by atoms with van der Waals surface area (Å²) in [6.07, 6.45) is 7.13. The van der Waals surface area contributed by atoms with Crippen LogP contribution in [0, 0.1) is 5.82 Å². The molecule has 4 aromatic rings. The molecule has 1 aliphatic carbocycles. The number of aromatic nitrogens is 4. The molecule has 0 bridgehead atoms. The summed E-state index contributed by atoms with van der Waals surface area (Å²) < 4.78 is 15.0. The average Bonchev–Trinajstić information content (AvgIpc) is 3.20. The van der Waals surface area contributed by atoms with Crippen LogP contribution in [0.3, 0.4) is 0 Å². The maximum atomic E-state index is 13.3. The summed E-state index contributed by atoms with van der Waals surface area (Å²) >= 11 is 1.32. The van der Waals surface area contributed by atoms with Crippen LogP contribution in [-0.4, -0.2) is 56.6 Å². The standard InChI is InChI=1S/C23H22FN7O2S/c1-29(2)22(33)13-9-18(26-10-13)20-19(21(25)32)28-23(34-20)31(16-7-8-16)17-11-27-30(12-17)15-5-3-14(24)4-6-15/h3-6,9-12,16,26H,7-8H2,1-2H3,(H2,25,32). The van der Waals surface area contributed by atoms with Crippen LogP contribution in [-0.2, 0) is 0 Å². The molecule has 3 N–H and O–H groups in total. The number of halogens is 1. The lowest BCUT2D eigenvalue weighted by Crippen LogP contribution is -2.20. The Kier molecular flexibility index (Phi) is 5.40. The third kappa shape index (κ3) is 4.05. The number of primary amides is 1. The Morgan fingerprint density at radius 2 is 1.97 bits per heavy atom. The molecule has 5 rings (SSSR count).